The van der Waals surface area contributed by atoms with E-state index in [9.17, 15) is 0 Å². The Labute approximate surface area is 273 Å². The van der Waals surface area contributed by atoms with E-state index < -0.39 is 12.9 Å². The van der Waals surface area contributed by atoms with E-state index in [-0.39, 0.29) is 7.25 Å². The number of hydrogen-bond acceptors (Lipinski definition) is 0. The molecule has 0 heterocycles. The van der Waals surface area contributed by atoms with Crippen LogP contribution >= 0.6 is 17.0 Å². The van der Waals surface area contributed by atoms with Crippen LogP contribution in [0.5, 0.6) is 0 Å². The van der Waals surface area contributed by atoms with Crippen LogP contribution in [0.2, 0.25) is 9.26 Å². The Morgan fingerprint density at radius 2 is 0.826 bits per heavy atom. The van der Waals surface area contributed by atoms with Gasteiger partial charge in [0, 0.05) is 0 Å². The molecule has 0 fully saturated rings. The molecule has 2 unspecified atom stereocenters. The van der Waals surface area contributed by atoms with Gasteiger partial charge in [-0.25, -0.2) is 0 Å². The van der Waals surface area contributed by atoms with Crippen molar-refractivity contribution in [3.05, 3.63) is 155 Å². The first-order valence-electron chi connectivity index (χ1n) is 16.2. The molecule has 6 aromatic carbocycles. The molecule has 0 aliphatic heterocycles. The molecule has 0 nitrogen and oxygen atoms in total. The normalized spacial score (nSPS) is 19.8. The predicted molar refractivity (Wildman–Crippen MR) is 202 cm³/mol. The summed E-state index contributed by atoms with van der Waals surface area (Å²) < 4.78 is 9.08. The number of fused-ring (bicyclic) bond motifs is 4. The van der Waals surface area contributed by atoms with Crippen LogP contribution in [-0.2, 0) is 12.9 Å². The first-order chi connectivity index (χ1) is 21.7. The summed E-state index contributed by atoms with van der Waals surface area (Å²) in [6, 6.07) is 43.6. The van der Waals surface area contributed by atoms with Crippen molar-refractivity contribution < 1.29 is 12.9 Å². The number of allylic oxidation sites excluding steroid dienone is 2. The van der Waals surface area contributed by atoms with Crippen molar-refractivity contribution in [2.24, 2.45) is 0 Å². The first-order valence-corrected chi connectivity index (χ1v) is 32.1. The van der Waals surface area contributed by atoms with Gasteiger partial charge in [0.25, 0.3) is 0 Å². The Kier molecular flexibility index (Phi) is 5.85. The summed E-state index contributed by atoms with van der Waals surface area (Å²) in [5.74, 6) is 0. The van der Waals surface area contributed by atoms with Crippen molar-refractivity contribution in [2.75, 3.05) is 0 Å². The molecule has 8 rings (SSSR count). The maximum absolute atomic E-state index is 8.51. The molecule has 0 amide bonds. The summed E-state index contributed by atoms with van der Waals surface area (Å²) in [5.41, 5.74) is 12.0. The van der Waals surface area contributed by atoms with E-state index in [1.54, 1.807) is 0 Å². The second-order valence-electron chi connectivity index (χ2n) is 15.8. The van der Waals surface area contributed by atoms with E-state index in [0.29, 0.717) is 0 Å². The van der Waals surface area contributed by atoms with E-state index in [0.717, 1.165) is 0 Å². The van der Waals surface area contributed by atoms with Crippen molar-refractivity contribution in [3.63, 3.8) is 0 Å². The molecule has 0 bridgehead atoms. The zero-order valence-electron chi connectivity index (χ0n) is 26.8. The molecule has 0 radical (unpaired) electrons. The summed E-state index contributed by atoms with van der Waals surface area (Å²) in [6.07, 6.45) is 4.65. The van der Waals surface area contributed by atoms with Crippen LogP contribution < -0.4 is 0 Å². The zero-order valence-corrected chi connectivity index (χ0v) is 30.8. The molecule has 46 heavy (non-hydrogen) atoms. The van der Waals surface area contributed by atoms with E-state index >= 15 is 0 Å². The Morgan fingerprint density at radius 3 is 1.26 bits per heavy atom. The van der Waals surface area contributed by atoms with E-state index in [4.69, 9.17) is 21.2 Å². The van der Waals surface area contributed by atoms with Gasteiger partial charge in [-0.2, -0.15) is 0 Å². The van der Waals surface area contributed by atoms with E-state index in [1.807, 2.05) is 0 Å². The molecule has 3 heteroatoms. The summed E-state index contributed by atoms with van der Waals surface area (Å²) >= 11 is -6.19. The Morgan fingerprint density at radius 1 is 0.478 bits per heavy atom. The zero-order chi connectivity index (χ0) is 32.2. The van der Waals surface area contributed by atoms with Crippen LogP contribution in [0.4, 0.5) is 0 Å². The summed E-state index contributed by atoms with van der Waals surface area (Å²) in [5, 5.41) is 4.94. The van der Waals surface area contributed by atoms with Crippen LogP contribution in [0.1, 0.15) is 43.4 Å². The van der Waals surface area contributed by atoms with Gasteiger partial charge < -0.3 is 0 Å². The maximum atomic E-state index is 8.51. The Bertz CT molecular complexity index is 2310. The molecule has 0 spiro atoms. The van der Waals surface area contributed by atoms with Gasteiger partial charge in [0.05, 0.1) is 0 Å². The number of benzene rings is 6. The van der Waals surface area contributed by atoms with Crippen molar-refractivity contribution in [2.45, 2.75) is 30.4 Å². The molecule has 0 saturated carbocycles. The SMILES string of the molecule is [CH2]=[Zr]([CH3])([CH3])([Cl])([Cl])([CH]1C(C)=Cc2c(-c3cccc4ccccc34)cccc21)[CH]1C(C)=Cc2c(-c3cccc4ccccc34)cccc21. The third kappa shape index (κ3) is 4.25. The first kappa shape index (κ1) is 30.0. The molecule has 0 saturated heterocycles. The molecule has 2 aliphatic carbocycles. The minimum absolute atomic E-state index is 0.217. The topological polar surface area (TPSA) is 0 Å². The number of halogens is 2. The molecule has 0 aromatic heterocycles. The molecule has 6 aromatic rings. The number of hydrogen-bond donors (Lipinski definition) is 0. The third-order valence-electron chi connectivity index (χ3n) is 11.0. The monoisotopic (exact) mass is 714 g/mol. The fourth-order valence-electron chi connectivity index (χ4n) is 9.76. The van der Waals surface area contributed by atoms with Crippen LogP contribution in [0.3, 0.4) is 0 Å². The average Bonchev–Trinajstić information content (AvgIpc) is 3.57. The van der Waals surface area contributed by atoms with Crippen LogP contribution in [0.15, 0.2) is 132 Å². The summed E-state index contributed by atoms with van der Waals surface area (Å²) in [4.78, 5) is 0. The van der Waals surface area contributed by atoms with Gasteiger partial charge in [0.1, 0.15) is 0 Å². The molecular formula is C43H38Cl2Zr. The standard InChI is InChI=1S/2C20H15.2CH3.CH2.2ClH.Zr/c2*1-14-12-16-8-5-11-19(20(16)13-14)18-10-4-7-15-6-2-3-9-17(15)18;;;;;;/h2*2-13H,1H3;2*1H3;1H2;2*1H;/q;;;;;;;+2/p-2. The third-order valence-corrected chi connectivity index (χ3v) is 31.4. The fourth-order valence-corrected chi connectivity index (χ4v) is 34.3. The molecule has 2 aliphatic rings. The average molecular weight is 717 g/mol. The quantitative estimate of drug-likeness (QED) is 0.170. The van der Waals surface area contributed by atoms with Crippen molar-refractivity contribution >= 4 is 54.9 Å². The van der Waals surface area contributed by atoms with Crippen molar-refractivity contribution in [3.8, 4) is 22.3 Å². The van der Waals surface area contributed by atoms with Gasteiger partial charge in [-0.15, -0.1) is 0 Å². The Balaban J connectivity index is 1.35. The van der Waals surface area contributed by atoms with Crippen molar-refractivity contribution in [1.82, 2.24) is 0 Å². The molecule has 228 valence electrons. The second kappa shape index (κ2) is 8.96. The van der Waals surface area contributed by atoms with Gasteiger partial charge >= 0.3 is 275 Å². The van der Waals surface area contributed by atoms with Crippen molar-refractivity contribution in [1.29, 1.82) is 0 Å². The number of rotatable bonds is 4. The molecule has 0 N–H and O–H groups in total. The van der Waals surface area contributed by atoms with E-state index in [1.165, 1.54) is 77.2 Å². The van der Waals surface area contributed by atoms with Gasteiger partial charge in [-0.05, 0) is 0 Å². The minimum atomic E-state index is -6.19. The molecular weight excluding hydrogens is 679 g/mol. The van der Waals surface area contributed by atoms with Gasteiger partial charge in [-0.3, -0.25) is 0 Å². The van der Waals surface area contributed by atoms with Crippen LogP contribution in [-0.4, -0.2) is 4.21 Å². The van der Waals surface area contributed by atoms with E-state index in [2.05, 4.69) is 157 Å². The Hall–Kier alpha value is -3.35. The van der Waals surface area contributed by atoms with Crippen LogP contribution in [0, 0.1) is 0 Å². The van der Waals surface area contributed by atoms with Gasteiger partial charge in [0.2, 0.25) is 0 Å². The molecule has 2 atom stereocenters. The van der Waals surface area contributed by atoms with Gasteiger partial charge in [-0.1, -0.05) is 0 Å². The fraction of sp³-hybridized carbons (Fsp3) is 0.140. The summed E-state index contributed by atoms with van der Waals surface area (Å²) in [6.45, 7) is 4.41. The predicted octanol–water partition coefficient (Wildman–Crippen LogP) is 13.5. The second-order valence-corrected chi connectivity index (χ2v) is 61.2. The summed E-state index contributed by atoms with van der Waals surface area (Å²) in [7, 11) is 17.0. The van der Waals surface area contributed by atoms with Crippen LogP contribution in [0.25, 0.3) is 56.0 Å². The van der Waals surface area contributed by atoms with Gasteiger partial charge in [0.15, 0.2) is 0 Å².